The number of hydrogen-bond donors (Lipinski definition) is 0. The van der Waals surface area contributed by atoms with E-state index >= 15 is 0 Å². The zero-order valence-corrected chi connectivity index (χ0v) is 10.8. The van der Waals surface area contributed by atoms with E-state index in [1.165, 1.54) is 19.2 Å². The van der Waals surface area contributed by atoms with Crippen LogP contribution >= 0.6 is 23.2 Å². The van der Waals surface area contributed by atoms with Crippen LogP contribution in [0.5, 0.6) is 0 Å². The lowest BCUT2D eigenvalue weighted by Crippen LogP contribution is -2.28. The Labute approximate surface area is 106 Å². The van der Waals surface area contributed by atoms with Crippen LogP contribution in [0.25, 0.3) is 0 Å². The van der Waals surface area contributed by atoms with Crippen molar-refractivity contribution in [2.24, 2.45) is 0 Å². The predicted molar refractivity (Wildman–Crippen MR) is 67.3 cm³/mol. The van der Waals surface area contributed by atoms with E-state index in [0.29, 0.717) is 17.1 Å². The molecule has 88 valence electrons. The summed E-state index contributed by atoms with van der Waals surface area (Å²) in [7, 11) is 0. The predicted octanol–water partition coefficient (Wildman–Crippen LogP) is 3.25. The van der Waals surface area contributed by atoms with Gasteiger partial charge in [-0.3, -0.25) is 0 Å². The van der Waals surface area contributed by atoms with E-state index in [-0.39, 0.29) is 0 Å². The summed E-state index contributed by atoms with van der Waals surface area (Å²) >= 11 is 12.0. The van der Waals surface area contributed by atoms with Gasteiger partial charge in [0.25, 0.3) is 0 Å². The maximum Gasteiger partial charge on any atom is 0.138 e. The van der Waals surface area contributed by atoms with Crippen molar-refractivity contribution < 1.29 is 0 Å². The first-order valence-corrected chi connectivity index (χ1v) is 6.51. The Kier molecular flexibility index (Phi) is 3.87. The summed E-state index contributed by atoms with van der Waals surface area (Å²) in [6.45, 7) is 3.17. The van der Waals surface area contributed by atoms with Crippen molar-refractivity contribution in [1.82, 2.24) is 9.97 Å². The van der Waals surface area contributed by atoms with E-state index in [1.807, 2.05) is 0 Å². The van der Waals surface area contributed by atoms with E-state index < -0.39 is 0 Å². The Hall–Kier alpha value is -0.540. The second kappa shape index (κ2) is 5.19. The molecule has 0 aliphatic heterocycles. The van der Waals surface area contributed by atoms with Gasteiger partial charge in [-0.2, -0.15) is 0 Å². The van der Waals surface area contributed by atoms with Crippen molar-refractivity contribution in [3.8, 4) is 0 Å². The van der Waals surface area contributed by atoms with E-state index in [0.717, 1.165) is 24.3 Å². The van der Waals surface area contributed by atoms with Crippen molar-refractivity contribution in [3.63, 3.8) is 0 Å². The minimum atomic E-state index is 0.363. The molecule has 0 N–H and O–H groups in total. The lowest BCUT2D eigenvalue weighted by Gasteiger charge is -2.24. The Morgan fingerprint density at radius 1 is 1.44 bits per heavy atom. The molecule has 0 spiro atoms. The fraction of sp³-hybridized carbons (Fsp3) is 0.636. The van der Waals surface area contributed by atoms with Crippen molar-refractivity contribution in [1.29, 1.82) is 0 Å². The van der Waals surface area contributed by atoms with Crippen LogP contribution in [0.4, 0.5) is 5.82 Å². The quantitative estimate of drug-likeness (QED) is 0.601. The van der Waals surface area contributed by atoms with Crippen molar-refractivity contribution >= 4 is 29.0 Å². The van der Waals surface area contributed by atoms with Gasteiger partial charge in [0.1, 0.15) is 17.3 Å². The van der Waals surface area contributed by atoms with Gasteiger partial charge < -0.3 is 4.90 Å². The molecule has 1 heterocycles. The fourth-order valence-electron chi connectivity index (χ4n) is 1.83. The van der Waals surface area contributed by atoms with Crippen molar-refractivity contribution in [2.45, 2.75) is 38.1 Å². The van der Waals surface area contributed by atoms with Crippen LogP contribution in [0, 0.1) is 0 Å². The van der Waals surface area contributed by atoms with Crippen LogP contribution in [0.15, 0.2) is 6.33 Å². The molecule has 1 fully saturated rings. The molecule has 2 rings (SSSR count). The molecule has 0 bridgehead atoms. The lowest BCUT2D eigenvalue weighted by atomic mass is 10.3. The zero-order valence-electron chi connectivity index (χ0n) is 9.29. The van der Waals surface area contributed by atoms with Crippen molar-refractivity contribution in [2.75, 3.05) is 11.4 Å². The van der Waals surface area contributed by atoms with E-state index in [4.69, 9.17) is 23.2 Å². The number of anilines is 1. The molecule has 0 saturated heterocycles. The Balaban J connectivity index is 2.32. The third-order valence-corrected chi connectivity index (χ3v) is 3.32. The summed E-state index contributed by atoms with van der Waals surface area (Å²) in [6.07, 6.45) is 5.09. The number of halogens is 2. The molecule has 0 radical (unpaired) electrons. The second-order valence-electron chi connectivity index (χ2n) is 4.02. The van der Waals surface area contributed by atoms with E-state index in [2.05, 4.69) is 21.8 Å². The van der Waals surface area contributed by atoms with Gasteiger partial charge in [-0.1, -0.05) is 18.5 Å². The Morgan fingerprint density at radius 2 is 2.19 bits per heavy atom. The molecule has 0 amide bonds. The minimum absolute atomic E-state index is 0.363. The van der Waals surface area contributed by atoms with Crippen LogP contribution in [-0.4, -0.2) is 22.6 Å². The Bertz CT molecular complexity index is 366. The highest BCUT2D eigenvalue weighted by Gasteiger charge is 2.31. The number of rotatable bonds is 5. The van der Waals surface area contributed by atoms with Gasteiger partial charge in [0.15, 0.2) is 0 Å². The number of alkyl halides is 1. The summed E-state index contributed by atoms with van der Waals surface area (Å²) in [6, 6.07) is 0.618. The van der Waals surface area contributed by atoms with Gasteiger partial charge in [0.05, 0.1) is 5.88 Å². The van der Waals surface area contributed by atoms with Gasteiger partial charge in [0.2, 0.25) is 0 Å². The number of aromatic nitrogens is 2. The molecule has 1 aliphatic rings. The van der Waals surface area contributed by atoms with Crippen molar-refractivity contribution in [3.05, 3.63) is 17.0 Å². The largest absolute Gasteiger partial charge is 0.353 e. The summed E-state index contributed by atoms with van der Waals surface area (Å²) in [4.78, 5) is 10.6. The smallest absolute Gasteiger partial charge is 0.138 e. The van der Waals surface area contributed by atoms with Gasteiger partial charge in [-0.15, -0.1) is 11.6 Å². The zero-order chi connectivity index (χ0) is 11.5. The molecule has 5 heteroatoms. The second-order valence-corrected chi connectivity index (χ2v) is 4.65. The lowest BCUT2D eigenvalue weighted by molar-refractivity contribution is 0.744. The highest BCUT2D eigenvalue weighted by molar-refractivity contribution is 6.31. The first-order valence-electron chi connectivity index (χ1n) is 5.60. The normalized spacial score (nSPS) is 15.2. The monoisotopic (exact) mass is 259 g/mol. The summed E-state index contributed by atoms with van der Waals surface area (Å²) in [5.74, 6) is 1.28. The molecule has 1 saturated carbocycles. The van der Waals surface area contributed by atoms with Crippen LogP contribution in [-0.2, 0) is 5.88 Å². The molecule has 1 aromatic rings. The summed E-state index contributed by atoms with van der Waals surface area (Å²) < 4.78 is 0. The van der Waals surface area contributed by atoms with Gasteiger partial charge in [0, 0.05) is 18.2 Å². The first kappa shape index (κ1) is 11.9. The van der Waals surface area contributed by atoms with Crippen LogP contribution in [0.1, 0.15) is 31.7 Å². The molecular weight excluding hydrogens is 245 g/mol. The maximum absolute atomic E-state index is 6.04. The maximum atomic E-state index is 6.04. The molecule has 3 nitrogen and oxygen atoms in total. The molecule has 16 heavy (non-hydrogen) atoms. The highest BCUT2D eigenvalue weighted by atomic mass is 35.5. The third kappa shape index (κ3) is 2.41. The van der Waals surface area contributed by atoms with E-state index in [9.17, 15) is 0 Å². The molecule has 0 atom stereocenters. The summed E-state index contributed by atoms with van der Waals surface area (Å²) in [5.41, 5.74) is 0.853. The topological polar surface area (TPSA) is 29.0 Å². The van der Waals surface area contributed by atoms with E-state index in [1.54, 1.807) is 0 Å². The molecule has 1 aliphatic carbocycles. The standard InChI is InChI=1S/C11H15Cl2N3/c1-2-5-16(8-3-4-8)11-9(6-12)10(13)14-7-15-11/h7-8H,2-6H2,1H3. The fourth-order valence-corrected chi connectivity index (χ4v) is 2.34. The molecule has 0 unspecified atom stereocenters. The average molecular weight is 260 g/mol. The SMILES string of the molecule is CCCN(c1ncnc(Cl)c1CCl)C1CC1. The minimum Gasteiger partial charge on any atom is -0.353 e. The van der Waals surface area contributed by atoms with Gasteiger partial charge in [-0.05, 0) is 19.3 Å². The van der Waals surface area contributed by atoms with Crippen LogP contribution < -0.4 is 4.90 Å². The number of nitrogens with zero attached hydrogens (tertiary/aromatic N) is 3. The Morgan fingerprint density at radius 3 is 2.75 bits per heavy atom. The summed E-state index contributed by atoms with van der Waals surface area (Å²) in [5, 5.41) is 0.474. The third-order valence-electron chi connectivity index (χ3n) is 2.73. The average Bonchev–Trinajstić information content (AvgIpc) is 3.09. The van der Waals surface area contributed by atoms with Crippen LogP contribution in [0.2, 0.25) is 5.15 Å². The molecule has 1 aromatic heterocycles. The number of hydrogen-bond acceptors (Lipinski definition) is 3. The van der Waals surface area contributed by atoms with Crippen LogP contribution in [0.3, 0.4) is 0 Å². The molecule has 0 aromatic carbocycles. The highest BCUT2D eigenvalue weighted by Crippen LogP contribution is 2.34. The van der Waals surface area contributed by atoms with Gasteiger partial charge in [-0.25, -0.2) is 9.97 Å². The first-order chi connectivity index (χ1) is 7.77. The van der Waals surface area contributed by atoms with Gasteiger partial charge >= 0.3 is 0 Å². The molecular formula is C11H15Cl2N3.